The number of nitrogens with two attached hydrogens (primary N) is 1. The molecule has 82 valence electrons. The molecule has 0 bridgehead atoms. The van der Waals surface area contributed by atoms with Gasteiger partial charge in [0.15, 0.2) is 0 Å². The van der Waals surface area contributed by atoms with Gasteiger partial charge in [0.1, 0.15) is 0 Å². The number of hydrogen-bond acceptors (Lipinski definition) is 3. The van der Waals surface area contributed by atoms with Crippen LogP contribution in [0, 0.1) is 0 Å². The standard InChI is InChI=1S/C12H18N2O/c13-11-6-12(9-15)14(8-11)7-10-4-2-1-3-5-10/h1-5,11-12,15H,6-9,13H2/t11-,12-/m1/s1. The Bertz CT molecular complexity index is 302. The van der Waals surface area contributed by atoms with Crippen LogP contribution in [0.4, 0.5) is 0 Å². The second-order valence-electron chi connectivity index (χ2n) is 4.25. The molecule has 1 fully saturated rings. The molecule has 1 aromatic rings. The third-order valence-corrected chi connectivity index (χ3v) is 3.00. The molecule has 0 aliphatic carbocycles. The normalized spacial score (nSPS) is 27.1. The van der Waals surface area contributed by atoms with E-state index in [2.05, 4.69) is 17.0 Å². The molecule has 0 radical (unpaired) electrons. The SMILES string of the molecule is N[C@@H]1C[C@H](CO)N(Cc2ccccc2)C1. The zero-order valence-corrected chi connectivity index (χ0v) is 8.84. The molecule has 1 saturated heterocycles. The Balaban J connectivity index is 2.00. The van der Waals surface area contributed by atoms with Crippen LogP contribution in [0.5, 0.6) is 0 Å². The minimum absolute atomic E-state index is 0.209. The molecule has 2 rings (SSSR count). The third-order valence-electron chi connectivity index (χ3n) is 3.00. The molecular formula is C12H18N2O. The van der Waals surface area contributed by atoms with Crippen LogP contribution in [-0.4, -0.2) is 35.2 Å². The zero-order chi connectivity index (χ0) is 10.7. The fraction of sp³-hybridized carbons (Fsp3) is 0.500. The number of rotatable bonds is 3. The summed E-state index contributed by atoms with van der Waals surface area (Å²) in [6.07, 6.45) is 0.906. The molecule has 1 heterocycles. The Hall–Kier alpha value is -0.900. The maximum absolute atomic E-state index is 9.24. The van der Waals surface area contributed by atoms with Crippen molar-refractivity contribution in [2.45, 2.75) is 25.0 Å². The maximum Gasteiger partial charge on any atom is 0.0587 e. The average Bonchev–Trinajstić information content (AvgIpc) is 2.60. The van der Waals surface area contributed by atoms with Gasteiger partial charge >= 0.3 is 0 Å². The molecule has 0 aromatic heterocycles. The van der Waals surface area contributed by atoms with E-state index >= 15 is 0 Å². The predicted octanol–water partition coefficient (Wildman–Crippen LogP) is 0.580. The van der Waals surface area contributed by atoms with Gasteiger partial charge in [-0.1, -0.05) is 30.3 Å². The largest absolute Gasteiger partial charge is 0.395 e. The highest BCUT2D eigenvalue weighted by molar-refractivity contribution is 5.15. The van der Waals surface area contributed by atoms with Gasteiger partial charge in [0.05, 0.1) is 6.61 Å². The lowest BCUT2D eigenvalue weighted by atomic mass is 10.2. The summed E-state index contributed by atoms with van der Waals surface area (Å²) in [7, 11) is 0. The molecule has 2 atom stereocenters. The molecule has 3 heteroatoms. The van der Waals surface area contributed by atoms with Crippen molar-refractivity contribution >= 4 is 0 Å². The Morgan fingerprint density at radius 3 is 2.73 bits per heavy atom. The molecule has 1 aliphatic rings. The van der Waals surface area contributed by atoms with Gasteiger partial charge in [0.25, 0.3) is 0 Å². The first kappa shape index (κ1) is 10.6. The Morgan fingerprint density at radius 1 is 1.33 bits per heavy atom. The fourth-order valence-corrected chi connectivity index (χ4v) is 2.22. The summed E-state index contributed by atoms with van der Waals surface area (Å²) in [5.41, 5.74) is 7.17. The van der Waals surface area contributed by atoms with E-state index in [9.17, 15) is 5.11 Å². The molecular weight excluding hydrogens is 188 g/mol. The van der Waals surface area contributed by atoms with Crippen LogP contribution < -0.4 is 5.73 Å². The summed E-state index contributed by atoms with van der Waals surface area (Å²) >= 11 is 0. The van der Waals surface area contributed by atoms with Gasteiger partial charge in [0, 0.05) is 25.2 Å². The van der Waals surface area contributed by atoms with Crippen molar-refractivity contribution in [1.29, 1.82) is 0 Å². The fourth-order valence-electron chi connectivity index (χ4n) is 2.22. The van der Waals surface area contributed by atoms with Crippen LogP contribution in [0.3, 0.4) is 0 Å². The van der Waals surface area contributed by atoms with E-state index in [0.29, 0.717) is 0 Å². The lowest BCUT2D eigenvalue weighted by molar-refractivity contribution is 0.153. The highest BCUT2D eigenvalue weighted by Gasteiger charge is 2.28. The summed E-state index contributed by atoms with van der Waals surface area (Å²) in [6.45, 7) is 1.99. The molecule has 3 nitrogen and oxygen atoms in total. The van der Waals surface area contributed by atoms with Crippen molar-refractivity contribution in [3.05, 3.63) is 35.9 Å². The minimum atomic E-state index is 0.209. The van der Waals surface area contributed by atoms with Gasteiger partial charge in [-0.25, -0.2) is 0 Å². The van der Waals surface area contributed by atoms with Crippen LogP contribution in [0.25, 0.3) is 0 Å². The van der Waals surface area contributed by atoms with E-state index in [-0.39, 0.29) is 18.7 Å². The van der Waals surface area contributed by atoms with E-state index < -0.39 is 0 Å². The van der Waals surface area contributed by atoms with Gasteiger partial charge in [0.2, 0.25) is 0 Å². The minimum Gasteiger partial charge on any atom is -0.395 e. The Kier molecular flexibility index (Phi) is 3.36. The van der Waals surface area contributed by atoms with Gasteiger partial charge in [-0.15, -0.1) is 0 Å². The highest BCUT2D eigenvalue weighted by Crippen LogP contribution is 2.18. The zero-order valence-electron chi connectivity index (χ0n) is 8.84. The summed E-state index contributed by atoms with van der Waals surface area (Å²) < 4.78 is 0. The van der Waals surface area contributed by atoms with Crippen LogP contribution in [-0.2, 0) is 6.54 Å². The lowest BCUT2D eigenvalue weighted by Crippen LogP contribution is -2.32. The third kappa shape index (κ3) is 2.56. The summed E-state index contributed by atoms with van der Waals surface area (Å²) in [6, 6.07) is 10.8. The first-order chi connectivity index (χ1) is 7.29. The molecule has 15 heavy (non-hydrogen) atoms. The van der Waals surface area contributed by atoms with Crippen LogP contribution in [0.15, 0.2) is 30.3 Å². The summed E-state index contributed by atoms with van der Waals surface area (Å²) in [5.74, 6) is 0. The van der Waals surface area contributed by atoms with Crippen molar-refractivity contribution in [1.82, 2.24) is 4.90 Å². The predicted molar refractivity (Wildman–Crippen MR) is 60.3 cm³/mol. The second kappa shape index (κ2) is 4.75. The van der Waals surface area contributed by atoms with E-state index in [1.54, 1.807) is 0 Å². The van der Waals surface area contributed by atoms with Gasteiger partial charge in [-0.3, -0.25) is 4.90 Å². The van der Waals surface area contributed by atoms with Gasteiger partial charge in [-0.05, 0) is 12.0 Å². The van der Waals surface area contributed by atoms with Crippen LogP contribution in [0.2, 0.25) is 0 Å². The quantitative estimate of drug-likeness (QED) is 0.760. The average molecular weight is 206 g/mol. The van der Waals surface area contributed by atoms with Gasteiger partial charge in [-0.2, -0.15) is 0 Å². The van der Waals surface area contributed by atoms with Crippen molar-refractivity contribution < 1.29 is 5.11 Å². The number of aliphatic hydroxyl groups is 1. The van der Waals surface area contributed by atoms with Gasteiger partial charge < -0.3 is 10.8 Å². The number of benzene rings is 1. The number of hydrogen-bond donors (Lipinski definition) is 2. The molecule has 0 spiro atoms. The maximum atomic E-state index is 9.24. The Labute approximate surface area is 90.5 Å². The monoisotopic (exact) mass is 206 g/mol. The van der Waals surface area contributed by atoms with Crippen molar-refractivity contribution in [3.8, 4) is 0 Å². The number of likely N-dealkylation sites (tertiary alicyclic amines) is 1. The number of nitrogens with zero attached hydrogens (tertiary/aromatic N) is 1. The lowest BCUT2D eigenvalue weighted by Gasteiger charge is -2.22. The number of aliphatic hydroxyl groups excluding tert-OH is 1. The summed E-state index contributed by atoms with van der Waals surface area (Å²) in [4.78, 5) is 2.26. The first-order valence-electron chi connectivity index (χ1n) is 5.44. The molecule has 3 N–H and O–H groups in total. The van der Waals surface area contributed by atoms with E-state index in [4.69, 9.17) is 5.73 Å². The van der Waals surface area contributed by atoms with E-state index in [1.807, 2.05) is 18.2 Å². The van der Waals surface area contributed by atoms with Crippen molar-refractivity contribution in [3.63, 3.8) is 0 Å². The van der Waals surface area contributed by atoms with Crippen LogP contribution in [0.1, 0.15) is 12.0 Å². The van der Waals surface area contributed by atoms with Crippen molar-refractivity contribution in [2.24, 2.45) is 5.73 Å². The Morgan fingerprint density at radius 2 is 2.07 bits per heavy atom. The van der Waals surface area contributed by atoms with E-state index in [0.717, 1.165) is 19.5 Å². The molecule has 1 aliphatic heterocycles. The topological polar surface area (TPSA) is 49.5 Å². The highest BCUT2D eigenvalue weighted by atomic mass is 16.3. The van der Waals surface area contributed by atoms with E-state index in [1.165, 1.54) is 5.56 Å². The van der Waals surface area contributed by atoms with Crippen molar-refractivity contribution in [2.75, 3.05) is 13.2 Å². The molecule has 1 aromatic carbocycles. The molecule has 0 unspecified atom stereocenters. The first-order valence-corrected chi connectivity index (χ1v) is 5.44. The molecule has 0 saturated carbocycles. The summed E-state index contributed by atoms with van der Waals surface area (Å²) in [5, 5.41) is 9.24. The van der Waals surface area contributed by atoms with Crippen LogP contribution >= 0.6 is 0 Å². The molecule has 0 amide bonds. The smallest absolute Gasteiger partial charge is 0.0587 e. The second-order valence-corrected chi connectivity index (χ2v) is 4.25.